The number of nitrogens with zero attached hydrogens (tertiary/aromatic N) is 1. The lowest BCUT2D eigenvalue weighted by Crippen LogP contribution is -2.30. The normalized spacial score (nSPS) is 11.4. The maximum Gasteiger partial charge on any atom is 0.126 e. The quantitative estimate of drug-likeness (QED) is 0.823. The van der Waals surface area contributed by atoms with E-state index in [1.807, 2.05) is 12.1 Å². The molecule has 3 heteroatoms. The standard InChI is InChI=1S/C11H17ClN2/c1-4-7-11(2,3)14-10-6-5-9(12)8-13-10/h5-6,8H,4,7H2,1-3H3,(H,13,14). The first-order valence-electron chi connectivity index (χ1n) is 4.93. The molecule has 0 radical (unpaired) electrons. The van der Waals surface area contributed by atoms with Gasteiger partial charge in [0.25, 0.3) is 0 Å². The number of nitrogens with one attached hydrogen (secondary N) is 1. The molecule has 1 heterocycles. The fourth-order valence-corrected chi connectivity index (χ4v) is 1.60. The van der Waals surface area contributed by atoms with Crippen molar-refractivity contribution in [2.75, 3.05) is 5.32 Å². The highest BCUT2D eigenvalue weighted by Gasteiger charge is 2.15. The molecule has 14 heavy (non-hydrogen) atoms. The number of rotatable bonds is 4. The number of aromatic nitrogens is 1. The molecule has 78 valence electrons. The molecule has 0 aromatic carbocycles. The monoisotopic (exact) mass is 212 g/mol. The summed E-state index contributed by atoms with van der Waals surface area (Å²) >= 11 is 5.75. The van der Waals surface area contributed by atoms with Gasteiger partial charge in [0.05, 0.1) is 5.02 Å². The summed E-state index contributed by atoms with van der Waals surface area (Å²) in [7, 11) is 0. The van der Waals surface area contributed by atoms with E-state index in [1.54, 1.807) is 6.20 Å². The Morgan fingerprint density at radius 2 is 2.14 bits per heavy atom. The summed E-state index contributed by atoms with van der Waals surface area (Å²) in [6, 6.07) is 3.75. The number of halogens is 1. The fourth-order valence-electron chi connectivity index (χ4n) is 1.48. The molecule has 0 aliphatic carbocycles. The second-order valence-electron chi connectivity index (χ2n) is 4.12. The van der Waals surface area contributed by atoms with E-state index in [9.17, 15) is 0 Å². The van der Waals surface area contributed by atoms with Gasteiger partial charge in [-0.25, -0.2) is 4.98 Å². The molecule has 1 aromatic rings. The van der Waals surface area contributed by atoms with E-state index in [0.717, 1.165) is 18.7 Å². The molecule has 1 aromatic heterocycles. The van der Waals surface area contributed by atoms with Crippen LogP contribution in [0.1, 0.15) is 33.6 Å². The highest BCUT2D eigenvalue weighted by atomic mass is 35.5. The van der Waals surface area contributed by atoms with E-state index < -0.39 is 0 Å². The molecule has 0 aliphatic heterocycles. The third-order valence-corrected chi connectivity index (χ3v) is 2.29. The zero-order valence-electron chi connectivity index (χ0n) is 8.97. The second kappa shape index (κ2) is 4.65. The van der Waals surface area contributed by atoms with Crippen LogP contribution >= 0.6 is 11.6 Å². The summed E-state index contributed by atoms with van der Waals surface area (Å²) in [5, 5.41) is 4.05. The number of pyridine rings is 1. The van der Waals surface area contributed by atoms with Gasteiger partial charge in [-0.1, -0.05) is 24.9 Å². The van der Waals surface area contributed by atoms with Gasteiger partial charge in [0.15, 0.2) is 0 Å². The predicted molar refractivity (Wildman–Crippen MR) is 61.9 cm³/mol. The van der Waals surface area contributed by atoms with Crippen LogP contribution in [-0.2, 0) is 0 Å². The number of hydrogen-bond donors (Lipinski definition) is 1. The number of anilines is 1. The molecule has 0 aliphatic rings. The van der Waals surface area contributed by atoms with Gasteiger partial charge in [-0.3, -0.25) is 0 Å². The zero-order chi connectivity index (χ0) is 10.6. The minimum absolute atomic E-state index is 0.0928. The van der Waals surface area contributed by atoms with E-state index in [4.69, 9.17) is 11.6 Å². The summed E-state index contributed by atoms with van der Waals surface area (Å²) in [5.74, 6) is 0.882. The van der Waals surface area contributed by atoms with Gasteiger partial charge in [0.2, 0.25) is 0 Å². The molecule has 0 amide bonds. The van der Waals surface area contributed by atoms with Crippen molar-refractivity contribution in [2.45, 2.75) is 39.2 Å². The summed E-state index contributed by atoms with van der Waals surface area (Å²) in [4.78, 5) is 4.20. The SMILES string of the molecule is CCCC(C)(C)Nc1ccc(Cl)cn1. The molecule has 2 nitrogen and oxygen atoms in total. The van der Waals surface area contributed by atoms with Crippen molar-refractivity contribution in [3.05, 3.63) is 23.4 Å². The van der Waals surface area contributed by atoms with E-state index in [2.05, 4.69) is 31.1 Å². The Morgan fingerprint density at radius 1 is 1.43 bits per heavy atom. The van der Waals surface area contributed by atoms with E-state index >= 15 is 0 Å². The van der Waals surface area contributed by atoms with Crippen molar-refractivity contribution in [1.29, 1.82) is 0 Å². The zero-order valence-corrected chi connectivity index (χ0v) is 9.73. The van der Waals surface area contributed by atoms with Crippen LogP contribution in [0.25, 0.3) is 0 Å². The summed E-state index contributed by atoms with van der Waals surface area (Å²) in [6.07, 6.45) is 3.94. The van der Waals surface area contributed by atoms with Gasteiger partial charge < -0.3 is 5.32 Å². The second-order valence-corrected chi connectivity index (χ2v) is 4.56. The lowest BCUT2D eigenvalue weighted by molar-refractivity contribution is 0.509. The first kappa shape index (κ1) is 11.3. The topological polar surface area (TPSA) is 24.9 Å². The van der Waals surface area contributed by atoms with Crippen molar-refractivity contribution in [2.24, 2.45) is 0 Å². The van der Waals surface area contributed by atoms with Gasteiger partial charge in [-0.05, 0) is 32.4 Å². The molecular formula is C11H17ClN2. The van der Waals surface area contributed by atoms with Crippen molar-refractivity contribution < 1.29 is 0 Å². The Bertz CT molecular complexity index is 280. The van der Waals surface area contributed by atoms with E-state index in [0.29, 0.717) is 5.02 Å². The van der Waals surface area contributed by atoms with E-state index in [-0.39, 0.29) is 5.54 Å². The minimum Gasteiger partial charge on any atom is -0.365 e. The molecule has 0 saturated heterocycles. The highest BCUT2D eigenvalue weighted by molar-refractivity contribution is 6.30. The van der Waals surface area contributed by atoms with Gasteiger partial charge in [0, 0.05) is 11.7 Å². The van der Waals surface area contributed by atoms with Crippen LogP contribution < -0.4 is 5.32 Å². The first-order chi connectivity index (χ1) is 6.53. The van der Waals surface area contributed by atoms with Crippen LogP contribution in [0.4, 0.5) is 5.82 Å². The first-order valence-corrected chi connectivity index (χ1v) is 5.31. The van der Waals surface area contributed by atoms with Crippen molar-refractivity contribution in [3.63, 3.8) is 0 Å². The van der Waals surface area contributed by atoms with E-state index in [1.165, 1.54) is 0 Å². The molecule has 0 unspecified atom stereocenters. The van der Waals surface area contributed by atoms with Crippen LogP contribution in [0, 0.1) is 0 Å². The molecule has 1 N–H and O–H groups in total. The van der Waals surface area contributed by atoms with Gasteiger partial charge in [0.1, 0.15) is 5.82 Å². The third-order valence-electron chi connectivity index (χ3n) is 2.07. The molecule has 0 spiro atoms. The van der Waals surface area contributed by atoms with Crippen LogP contribution in [0.15, 0.2) is 18.3 Å². The van der Waals surface area contributed by atoms with Crippen molar-refractivity contribution in [1.82, 2.24) is 4.98 Å². The number of hydrogen-bond acceptors (Lipinski definition) is 2. The molecule has 0 atom stereocenters. The maximum absolute atomic E-state index is 5.75. The Hall–Kier alpha value is -0.760. The van der Waals surface area contributed by atoms with Crippen LogP contribution in [-0.4, -0.2) is 10.5 Å². The lowest BCUT2D eigenvalue weighted by Gasteiger charge is -2.26. The van der Waals surface area contributed by atoms with Crippen molar-refractivity contribution >= 4 is 17.4 Å². The molecular weight excluding hydrogens is 196 g/mol. The average molecular weight is 213 g/mol. The Kier molecular flexibility index (Phi) is 3.76. The Morgan fingerprint density at radius 3 is 2.64 bits per heavy atom. The fraction of sp³-hybridized carbons (Fsp3) is 0.545. The van der Waals surface area contributed by atoms with Crippen LogP contribution in [0.3, 0.4) is 0 Å². The highest BCUT2D eigenvalue weighted by Crippen LogP contribution is 2.18. The Balaban J connectivity index is 2.64. The average Bonchev–Trinajstić information content (AvgIpc) is 2.08. The molecule has 0 fully saturated rings. The molecule has 1 rings (SSSR count). The van der Waals surface area contributed by atoms with Gasteiger partial charge >= 0.3 is 0 Å². The largest absolute Gasteiger partial charge is 0.365 e. The smallest absolute Gasteiger partial charge is 0.126 e. The lowest BCUT2D eigenvalue weighted by atomic mass is 9.99. The van der Waals surface area contributed by atoms with Crippen LogP contribution in [0.2, 0.25) is 5.02 Å². The Labute approximate surface area is 90.7 Å². The van der Waals surface area contributed by atoms with Crippen LogP contribution in [0.5, 0.6) is 0 Å². The summed E-state index contributed by atoms with van der Waals surface area (Å²) in [5.41, 5.74) is 0.0928. The van der Waals surface area contributed by atoms with Gasteiger partial charge in [-0.2, -0.15) is 0 Å². The third kappa shape index (κ3) is 3.54. The van der Waals surface area contributed by atoms with Crippen molar-refractivity contribution in [3.8, 4) is 0 Å². The van der Waals surface area contributed by atoms with Gasteiger partial charge in [-0.15, -0.1) is 0 Å². The maximum atomic E-state index is 5.75. The predicted octanol–water partition coefficient (Wildman–Crippen LogP) is 3.73. The molecule has 0 bridgehead atoms. The summed E-state index contributed by atoms with van der Waals surface area (Å²) < 4.78 is 0. The minimum atomic E-state index is 0.0928. The molecule has 0 saturated carbocycles. The summed E-state index contributed by atoms with van der Waals surface area (Å²) in [6.45, 7) is 6.53.